The summed E-state index contributed by atoms with van der Waals surface area (Å²) in [6.45, 7) is 1.53. The molecule has 10 heavy (non-hydrogen) atoms. The maximum Gasteiger partial charge on any atom is 0.254 e. The van der Waals surface area contributed by atoms with Crippen LogP contribution in [0.15, 0.2) is 0 Å². The predicted octanol–water partition coefficient (Wildman–Crippen LogP) is -0.406. The van der Waals surface area contributed by atoms with E-state index in [1.54, 1.807) is 0 Å². The highest BCUT2D eigenvalue weighted by Gasteiger charge is 2.33. The van der Waals surface area contributed by atoms with Crippen LogP contribution in [0.2, 0.25) is 0 Å². The summed E-state index contributed by atoms with van der Waals surface area (Å²) < 4.78 is 12.4. The lowest BCUT2D eigenvalue weighted by molar-refractivity contribution is -0.123. The Labute approximate surface area is 58.2 Å². The molecule has 3 atom stereocenters. The molecule has 1 amide bonds. The summed E-state index contributed by atoms with van der Waals surface area (Å²) in [6, 6.07) is -0.400. The second-order valence-corrected chi connectivity index (χ2v) is 2.56. The Kier molecular flexibility index (Phi) is 1.89. The van der Waals surface area contributed by atoms with Crippen molar-refractivity contribution in [1.29, 1.82) is 0 Å². The standard InChI is InChI=1S/C6H10FNO2/c1-3(9)5-2-4(7)6(10)8-5/h3-5,9H,2H2,1H3,(H,8,10). The zero-order valence-corrected chi connectivity index (χ0v) is 5.67. The SMILES string of the molecule is CC(O)C1CC(F)C(=O)N1. The van der Waals surface area contributed by atoms with Crippen molar-refractivity contribution in [2.75, 3.05) is 0 Å². The maximum absolute atomic E-state index is 12.4. The minimum Gasteiger partial charge on any atom is -0.391 e. The van der Waals surface area contributed by atoms with Gasteiger partial charge in [0.05, 0.1) is 12.1 Å². The fraction of sp³-hybridized carbons (Fsp3) is 0.833. The molecule has 2 N–H and O–H groups in total. The van der Waals surface area contributed by atoms with Crippen molar-refractivity contribution in [3.8, 4) is 0 Å². The average Bonchev–Trinajstić information content (AvgIpc) is 2.13. The first-order valence-electron chi connectivity index (χ1n) is 3.24. The van der Waals surface area contributed by atoms with Gasteiger partial charge in [-0.3, -0.25) is 4.79 Å². The number of carbonyl (C=O) groups is 1. The number of aliphatic hydroxyl groups is 1. The molecule has 0 aromatic heterocycles. The highest BCUT2D eigenvalue weighted by atomic mass is 19.1. The van der Waals surface area contributed by atoms with Crippen molar-refractivity contribution in [3.63, 3.8) is 0 Å². The lowest BCUT2D eigenvalue weighted by Gasteiger charge is -2.11. The van der Waals surface area contributed by atoms with Gasteiger partial charge in [0, 0.05) is 6.42 Å². The van der Waals surface area contributed by atoms with Gasteiger partial charge in [-0.15, -0.1) is 0 Å². The molecule has 0 bridgehead atoms. The van der Waals surface area contributed by atoms with E-state index < -0.39 is 24.2 Å². The first kappa shape index (κ1) is 7.47. The van der Waals surface area contributed by atoms with E-state index in [0.29, 0.717) is 0 Å². The summed E-state index contributed by atoms with van der Waals surface area (Å²) in [5, 5.41) is 11.2. The summed E-state index contributed by atoms with van der Waals surface area (Å²) in [6.07, 6.45) is -2.00. The smallest absolute Gasteiger partial charge is 0.254 e. The third kappa shape index (κ3) is 1.26. The quantitative estimate of drug-likeness (QED) is 0.530. The van der Waals surface area contributed by atoms with Crippen LogP contribution in [-0.2, 0) is 4.79 Å². The molecule has 4 heteroatoms. The van der Waals surface area contributed by atoms with Gasteiger partial charge in [-0.05, 0) is 6.92 Å². The molecular formula is C6H10FNO2. The number of hydrogen-bond donors (Lipinski definition) is 2. The number of halogens is 1. The van der Waals surface area contributed by atoms with Crippen molar-refractivity contribution in [2.45, 2.75) is 31.7 Å². The van der Waals surface area contributed by atoms with Gasteiger partial charge >= 0.3 is 0 Å². The minimum absolute atomic E-state index is 0.0938. The molecule has 1 heterocycles. The Bertz CT molecular complexity index is 149. The predicted molar refractivity (Wildman–Crippen MR) is 33.1 cm³/mol. The van der Waals surface area contributed by atoms with Gasteiger partial charge in [-0.1, -0.05) is 0 Å². The lowest BCUT2D eigenvalue weighted by atomic mass is 10.1. The highest BCUT2D eigenvalue weighted by Crippen LogP contribution is 2.13. The van der Waals surface area contributed by atoms with Gasteiger partial charge in [0.25, 0.3) is 5.91 Å². The van der Waals surface area contributed by atoms with Gasteiger partial charge in [0.2, 0.25) is 0 Å². The number of aliphatic hydroxyl groups excluding tert-OH is 1. The van der Waals surface area contributed by atoms with Crippen LogP contribution in [0.5, 0.6) is 0 Å². The van der Waals surface area contributed by atoms with E-state index in [1.165, 1.54) is 6.92 Å². The monoisotopic (exact) mass is 147 g/mol. The highest BCUT2D eigenvalue weighted by molar-refractivity contribution is 5.83. The molecule has 0 radical (unpaired) electrons. The van der Waals surface area contributed by atoms with E-state index in [0.717, 1.165) is 0 Å². The Hall–Kier alpha value is -0.640. The van der Waals surface area contributed by atoms with E-state index in [2.05, 4.69) is 5.32 Å². The number of rotatable bonds is 1. The van der Waals surface area contributed by atoms with Crippen molar-refractivity contribution in [1.82, 2.24) is 5.32 Å². The topological polar surface area (TPSA) is 49.3 Å². The van der Waals surface area contributed by atoms with Crippen LogP contribution in [0.25, 0.3) is 0 Å². The Morgan fingerprint density at radius 1 is 1.90 bits per heavy atom. The number of amides is 1. The summed E-state index contributed by atoms with van der Waals surface area (Å²) in [4.78, 5) is 10.5. The molecule has 1 aliphatic rings. The van der Waals surface area contributed by atoms with Crippen molar-refractivity contribution < 1.29 is 14.3 Å². The largest absolute Gasteiger partial charge is 0.391 e. The van der Waals surface area contributed by atoms with Crippen LogP contribution in [0.4, 0.5) is 4.39 Å². The van der Waals surface area contributed by atoms with Crippen LogP contribution in [0.3, 0.4) is 0 Å². The number of nitrogens with one attached hydrogen (secondary N) is 1. The van der Waals surface area contributed by atoms with E-state index in [4.69, 9.17) is 5.11 Å². The van der Waals surface area contributed by atoms with E-state index >= 15 is 0 Å². The third-order valence-corrected chi connectivity index (χ3v) is 1.66. The second-order valence-electron chi connectivity index (χ2n) is 2.56. The molecule has 3 unspecified atom stereocenters. The lowest BCUT2D eigenvalue weighted by Crippen LogP contribution is -2.34. The Balaban J connectivity index is 2.49. The van der Waals surface area contributed by atoms with Crippen LogP contribution >= 0.6 is 0 Å². The van der Waals surface area contributed by atoms with Gasteiger partial charge in [-0.2, -0.15) is 0 Å². The minimum atomic E-state index is -1.43. The maximum atomic E-state index is 12.4. The van der Waals surface area contributed by atoms with Gasteiger partial charge < -0.3 is 10.4 Å². The zero-order chi connectivity index (χ0) is 7.72. The zero-order valence-electron chi connectivity index (χ0n) is 5.67. The van der Waals surface area contributed by atoms with Crippen LogP contribution in [0, 0.1) is 0 Å². The van der Waals surface area contributed by atoms with Crippen molar-refractivity contribution >= 4 is 5.91 Å². The summed E-state index contributed by atoms with van der Waals surface area (Å²) in [5.74, 6) is -0.606. The second kappa shape index (κ2) is 2.54. The molecule has 0 saturated carbocycles. The summed E-state index contributed by atoms with van der Waals surface area (Å²) >= 11 is 0. The molecule has 0 aliphatic carbocycles. The number of carbonyl (C=O) groups excluding carboxylic acids is 1. The fourth-order valence-electron chi connectivity index (χ4n) is 0.980. The van der Waals surface area contributed by atoms with Gasteiger partial charge in [0.15, 0.2) is 6.17 Å². The molecule has 1 aliphatic heterocycles. The molecule has 58 valence electrons. The molecule has 3 nitrogen and oxygen atoms in total. The molecule has 1 saturated heterocycles. The fourth-order valence-corrected chi connectivity index (χ4v) is 0.980. The molecular weight excluding hydrogens is 137 g/mol. The van der Waals surface area contributed by atoms with Crippen LogP contribution in [-0.4, -0.2) is 29.3 Å². The van der Waals surface area contributed by atoms with Gasteiger partial charge in [0.1, 0.15) is 0 Å². The molecule has 1 rings (SSSR count). The average molecular weight is 147 g/mol. The summed E-state index contributed by atoms with van der Waals surface area (Å²) in [5.41, 5.74) is 0. The van der Waals surface area contributed by atoms with Gasteiger partial charge in [-0.25, -0.2) is 4.39 Å². The van der Waals surface area contributed by atoms with Crippen molar-refractivity contribution in [2.24, 2.45) is 0 Å². The van der Waals surface area contributed by atoms with E-state index in [1.807, 2.05) is 0 Å². The molecule has 0 spiro atoms. The van der Waals surface area contributed by atoms with E-state index in [-0.39, 0.29) is 6.42 Å². The number of alkyl halides is 1. The molecule has 0 aromatic carbocycles. The van der Waals surface area contributed by atoms with E-state index in [9.17, 15) is 9.18 Å². The molecule has 1 fully saturated rings. The first-order chi connectivity index (χ1) is 4.61. The summed E-state index contributed by atoms with van der Waals surface area (Å²) in [7, 11) is 0. The third-order valence-electron chi connectivity index (χ3n) is 1.66. The first-order valence-corrected chi connectivity index (χ1v) is 3.24. The normalized spacial score (nSPS) is 35.7. The van der Waals surface area contributed by atoms with Crippen molar-refractivity contribution in [3.05, 3.63) is 0 Å². The molecule has 0 aromatic rings. The van der Waals surface area contributed by atoms with Crippen LogP contribution < -0.4 is 5.32 Å². The van der Waals surface area contributed by atoms with Crippen LogP contribution in [0.1, 0.15) is 13.3 Å². The number of hydrogen-bond acceptors (Lipinski definition) is 2. The Morgan fingerprint density at radius 3 is 2.70 bits per heavy atom. The Morgan fingerprint density at radius 2 is 2.50 bits per heavy atom.